The van der Waals surface area contributed by atoms with Crippen molar-refractivity contribution < 1.29 is 22.7 Å². The van der Waals surface area contributed by atoms with Gasteiger partial charge in [0, 0.05) is 0 Å². The first-order chi connectivity index (χ1) is 19.2. The van der Waals surface area contributed by atoms with E-state index in [-0.39, 0.29) is 23.2 Å². The van der Waals surface area contributed by atoms with Crippen molar-refractivity contribution in [3.05, 3.63) is 126 Å². The minimum absolute atomic E-state index is 0.252. The number of para-hydroxylation sites is 1. The number of hydrogen-bond acceptors (Lipinski definition) is 5. The van der Waals surface area contributed by atoms with Gasteiger partial charge in [-0.25, -0.2) is 8.42 Å². The molecule has 0 unspecified atom stereocenters. The van der Waals surface area contributed by atoms with E-state index >= 15 is 0 Å². The van der Waals surface area contributed by atoms with Crippen molar-refractivity contribution in [2.24, 2.45) is 0 Å². The van der Waals surface area contributed by atoms with Gasteiger partial charge in [-0.3, -0.25) is 13.9 Å². The Morgan fingerprint density at radius 3 is 2.08 bits per heavy atom. The van der Waals surface area contributed by atoms with Crippen LogP contribution in [0.2, 0.25) is 0 Å². The molecule has 40 heavy (non-hydrogen) atoms. The van der Waals surface area contributed by atoms with Crippen LogP contribution in [-0.4, -0.2) is 33.0 Å². The normalized spacial score (nSPS) is 11.8. The maximum Gasteiger partial charge on any atom is 0.253 e. The van der Waals surface area contributed by atoms with Crippen molar-refractivity contribution >= 4 is 33.2 Å². The average Bonchev–Trinajstić information content (AvgIpc) is 2.96. The van der Waals surface area contributed by atoms with Crippen LogP contribution in [0.5, 0.6) is 5.75 Å². The van der Waals surface area contributed by atoms with Crippen molar-refractivity contribution in [1.82, 2.24) is 5.32 Å². The highest BCUT2D eigenvalue weighted by Crippen LogP contribution is 2.23. The van der Waals surface area contributed by atoms with Crippen LogP contribution in [0.15, 0.2) is 109 Å². The van der Waals surface area contributed by atoms with E-state index in [1.54, 1.807) is 48.5 Å². The predicted octanol–water partition coefficient (Wildman–Crippen LogP) is 5.16. The molecule has 4 rings (SSSR count). The number of hydrogen-bond donors (Lipinski definition) is 2. The van der Waals surface area contributed by atoms with Crippen LogP contribution in [0.1, 0.15) is 34.5 Å². The van der Waals surface area contributed by atoms with Crippen LogP contribution in [-0.2, 0) is 21.4 Å². The molecule has 206 valence electrons. The van der Waals surface area contributed by atoms with Gasteiger partial charge in [0.25, 0.3) is 5.91 Å². The fraction of sp³-hybridized carbons (Fsp3) is 0.161. The Kier molecular flexibility index (Phi) is 9.19. The Hall–Kier alpha value is -4.63. The van der Waals surface area contributed by atoms with Gasteiger partial charge in [0.05, 0.1) is 29.2 Å². The highest BCUT2D eigenvalue weighted by molar-refractivity contribution is 7.92. The highest BCUT2D eigenvalue weighted by atomic mass is 32.2. The third kappa shape index (κ3) is 7.70. The van der Waals surface area contributed by atoms with Gasteiger partial charge in [-0.1, -0.05) is 72.8 Å². The van der Waals surface area contributed by atoms with Crippen LogP contribution in [0.4, 0.5) is 11.4 Å². The first-order valence-corrected chi connectivity index (χ1v) is 14.5. The van der Waals surface area contributed by atoms with Crippen LogP contribution in [0, 0.1) is 0 Å². The zero-order valence-corrected chi connectivity index (χ0v) is 23.1. The Morgan fingerprint density at radius 1 is 0.825 bits per heavy atom. The van der Waals surface area contributed by atoms with Crippen molar-refractivity contribution in [1.29, 1.82) is 0 Å². The van der Waals surface area contributed by atoms with Crippen molar-refractivity contribution in [3.63, 3.8) is 0 Å². The van der Waals surface area contributed by atoms with E-state index in [1.165, 1.54) is 0 Å². The smallest absolute Gasteiger partial charge is 0.253 e. The molecule has 0 saturated heterocycles. The maximum atomic E-state index is 13.0. The fourth-order valence-corrected chi connectivity index (χ4v) is 4.92. The van der Waals surface area contributed by atoms with E-state index in [4.69, 9.17) is 4.74 Å². The minimum atomic E-state index is -3.79. The van der Waals surface area contributed by atoms with Crippen molar-refractivity contribution in [2.75, 3.05) is 22.4 Å². The molecule has 1 atom stereocenters. The maximum absolute atomic E-state index is 13.0. The second-order valence-electron chi connectivity index (χ2n) is 9.24. The SMILES string of the molecule is C[C@H](NC(=O)c1ccccc1NC(=O)CN(c1ccc(OCc2ccccc2)cc1)S(C)(=O)=O)c1ccccc1. The number of carbonyl (C=O) groups is 2. The second-order valence-corrected chi connectivity index (χ2v) is 11.1. The Bertz CT molecular complexity index is 1540. The second kappa shape index (κ2) is 12.9. The van der Waals surface area contributed by atoms with Gasteiger partial charge in [-0.2, -0.15) is 0 Å². The van der Waals surface area contributed by atoms with Gasteiger partial charge in [-0.05, 0) is 54.4 Å². The van der Waals surface area contributed by atoms with Crippen LogP contribution in [0.25, 0.3) is 0 Å². The number of benzene rings is 4. The van der Waals surface area contributed by atoms with Crippen molar-refractivity contribution in [2.45, 2.75) is 19.6 Å². The summed E-state index contributed by atoms with van der Waals surface area (Å²) >= 11 is 0. The summed E-state index contributed by atoms with van der Waals surface area (Å²) in [4.78, 5) is 26.0. The third-order valence-corrected chi connectivity index (χ3v) is 7.29. The first-order valence-electron chi connectivity index (χ1n) is 12.7. The molecule has 0 bridgehead atoms. The van der Waals surface area contributed by atoms with Gasteiger partial charge in [-0.15, -0.1) is 0 Å². The van der Waals surface area contributed by atoms with Crippen LogP contribution in [0.3, 0.4) is 0 Å². The highest BCUT2D eigenvalue weighted by Gasteiger charge is 2.22. The number of anilines is 2. The zero-order chi connectivity index (χ0) is 28.5. The molecule has 9 heteroatoms. The Labute approximate surface area is 234 Å². The monoisotopic (exact) mass is 557 g/mol. The molecule has 0 heterocycles. The molecule has 8 nitrogen and oxygen atoms in total. The van der Waals surface area contributed by atoms with E-state index in [2.05, 4.69) is 10.6 Å². The summed E-state index contributed by atoms with van der Waals surface area (Å²) < 4.78 is 32.0. The molecule has 0 saturated carbocycles. The largest absolute Gasteiger partial charge is 0.489 e. The zero-order valence-electron chi connectivity index (χ0n) is 22.3. The average molecular weight is 558 g/mol. The van der Waals surface area contributed by atoms with E-state index in [1.807, 2.05) is 67.6 Å². The number of rotatable bonds is 11. The molecule has 0 aliphatic carbocycles. The van der Waals surface area contributed by atoms with E-state index < -0.39 is 22.5 Å². The number of amides is 2. The van der Waals surface area contributed by atoms with Crippen LogP contribution < -0.4 is 19.7 Å². The quantitative estimate of drug-likeness (QED) is 0.265. The van der Waals surface area contributed by atoms with Gasteiger partial charge in [0.2, 0.25) is 15.9 Å². The predicted molar refractivity (Wildman–Crippen MR) is 157 cm³/mol. The molecule has 0 aromatic heterocycles. The number of ether oxygens (including phenoxy) is 1. The first kappa shape index (κ1) is 28.4. The lowest BCUT2D eigenvalue weighted by Gasteiger charge is -2.22. The lowest BCUT2D eigenvalue weighted by molar-refractivity contribution is -0.114. The fourth-order valence-electron chi connectivity index (χ4n) is 4.06. The summed E-state index contributed by atoms with van der Waals surface area (Å²) in [6, 6.07) is 32.0. The Morgan fingerprint density at radius 2 is 1.43 bits per heavy atom. The summed E-state index contributed by atoms with van der Waals surface area (Å²) in [5, 5.41) is 5.63. The van der Waals surface area contributed by atoms with Gasteiger partial charge in [0.1, 0.15) is 18.9 Å². The summed E-state index contributed by atoms with van der Waals surface area (Å²) in [7, 11) is -3.79. The standard InChI is InChI=1S/C31H31N3O5S/c1-23(25-13-7-4-8-14-25)32-31(36)28-15-9-10-16-29(28)33-30(35)21-34(40(2,37)38)26-17-19-27(20-18-26)39-22-24-11-5-3-6-12-24/h3-20,23H,21-22H2,1-2H3,(H,32,36)(H,33,35)/t23-/m0/s1. The molecule has 4 aromatic carbocycles. The summed E-state index contributed by atoms with van der Waals surface area (Å²) in [6.45, 7) is 1.77. The molecule has 4 aromatic rings. The molecular weight excluding hydrogens is 526 g/mol. The van der Waals surface area contributed by atoms with Gasteiger partial charge in [0.15, 0.2) is 0 Å². The van der Waals surface area contributed by atoms with E-state index in [0.717, 1.165) is 21.7 Å². The third-order valence-electron chi connectivity index (χ3n) is 6.15. The summed E-state index contributed by atoms with van der Waals surface area (Å²) in [5.74, 6) is -0.389. The molecular formula is C31H31N3O5S. The van der Waals surface area contributed by atoms with Crippen molar-refractivity contribution in [3.8, 4) is 5.75 Å². The van der Waals surface area contributed by atoms with Crippen LogP contribution >= 0.6 is 0 Å². The minimum Gasteiger partial charge on any atom is -0.489 e. The Balaban J connectivity index is 1.43. The molecule has 0 aliphatic heterocycles. The van der Waals surface area contributed by atoms with Gasteiger partial charge < -0.3 is 15.4 Å². The van der Waals surface area contributed by atoms with E-state index in [9.17, 15) is 18.0 Å². The number of sulfonamides is 1. The number of carbonyl (C=O) groups excluding carboxylic acids is 2. The summed E-state index contributed by atoms with van der Waals surface area (Å²) in [6.07, 6.45) is 1.03. The molecule has 0 fully saturated rings. The van der Waals surface area contributed by atoms with Gasteiger partial charge >= 0.3 is 0 Å². The molecule has 2 amide bonds. The molecule has 0 radical (unpaired) electrons. The molecule has 0 spiro atoms. The lowest BCUT2D eigenvalue weighted by atomic mass is 10.1. The number of nitrogens with one attached hydrogen (secondary N) is 2. The lowest BCUT2D eigenvalue weighted by Crippen LogP contribution is -2.37. The summed E-state index contributed by atoms with van der Waals surface area (Å²) in [5.41, 5.74) is 2.81. The van der Waals surface area contributed by atoms with E-state index in [0.29, 0.717) is 18.0 Å². The topological polar surface area (TPSA) is 105 Å². The molecule has 0 aliphatic rings. The molecule has 2 N–H and O–H groups in total. The number of nitrogens with zero attached hydrogens (tertiary/aromatic N) is 1.